The molecule has 3 nitrogen and oxygen atoms in total. The lowest BCUT2D eigenvalue weighted by Crippen LogP contribution is -2.10. The first-order valence-electron chi connectivity index (χ1n) is 3.60. The van der Waals surface area contributed by atoms with E-state index in [-0.39, 0.29) is 12.0 Å². The maximum absolute atomic E-state index is 8.68. The van der Waals surface area contributed by atoms with E-state index in [4.69, 9.17) is 9.52 Å². The predicted octanol–water partition coefficient (Wildman–Crippen LogP) is 1.46. The molecule has 0 aliphatic heterocycles. The van der Waals surface area contributed by atoms with Crippen LogP contribution < -0.4 is 0 Å². The molecule has 0 atom stereocenters. The minimum absolute atomic E-state index is 0.0760. The van der Waals surface area contributed by atoms with Crippen molar-refractivity contribution in [1.82, 2.24) is 4.98 Å². The van der Waals surface area contributed by atoms with Crippen LogP contribution in [0.1, 0.15) is 32.4 Å². The molecular formula is C8H13NO2. The van der Waals surface area contributed by atoms with Crippen molar-refractivity contribution in [3.05, 3.63) is 17.8 Å². The molecule has 1 N–H and O–H groups in total. The number of oxazole rings is 1. The van der Waals surface area contributed by atoms with Crippen molar-refractivity contribution in [3.8, 4) is 0 Å². The minimum atomic E-state index is -0.0803. The highest BCUT2D eigenvalue weighted by Gasteiger charge is 2.19. The van der Waals surface area contributed by atoms with Crippen molar-refractivity contribution >= 4 is 0 Å². The normalized spacial score (nSPS) is 12.0. The van der Waals surface area contributed by atoms with Crippen molar-refractivity contribution in [2.45, 2.75) is 32.8 Å². The van der Waals surface area contributed by atoms with E-state index in [1.165, 1.54) is 0 Å². The molecule has 0 fully saturated rings. The molecule has 0 amide bonds. The van der Waals surface area contributed by atoms with Crippen LogP contribution in [0.3, 0.4) is 0 Å². The van der Waals surface area contributed by atoms with Gasteiger partial charge in [0.05, 0.1) is 6.20 Å². The summed E-state index contributed by atoms with van der Waals surface area (Å²) >= 11 is 0. The first-order valence-corrected chi connectivity index (χ1v) is 3.60. The summed E-state index contributed by atoms with van der Waals surface area (Å²) in [5, 5.41) is 8.68. The standard InChI is InChI=1S/C8H13NO2/c1-8(2,3)7-9-4-6(5-10)11-7/h4,10H,5H2,1-3H3. The van der Waals surface area contributed by atoms with Crippen molar-refractivity contribution < 1.29 is 9.52 Å². The van der Waals surface area contributed by atoms with Crippen molar-refractivity contribution in [2.75, 3.05) is 0 Å². The summed E-state index contributed by atoms with van der Waals surface area (Å²) < 4.78 is 5.24. The molecule has 0 radical (unpaired) electrons. The van der Waals surface area contributed by atoms with Gasteiger partial charge in [0, 0.05) is 5.41 Å². The van der Waals surface area contributed by atoms with Crippen LogP contribution in [-0.4, -0.2) is 10.1 Å². The summed E-state index contributed by atoms with van der Waals surface area (Å²) in [5.74, 6) is 1.19. The van der Waals surface area contributed by atoms with Crippen molar-refractivity contribution in [2.24, 2.45) is 0 Å². The molecule has 0 saturated carbocycles. The fourth-order valence-corrected chi connectivity index (χ4v) is 0.727. The fourth-order valence-electron chi connectivity index (χ4n) is 0.727. The third kappa shape index (κ3) is 1.80. The Hall–Kier alpha value is -0.830. The summed E-state index contributed by atoms with van der Waals surface area (Å²) in [6, 6.07) is 0. The smallest absolute Gasteiger partial charge is 0.199 e. The third-order valence-electron chi connectivity index (χ3n) is 1.35. The molecule has 1 aromatic rings. The first-order chi connectivity index (χ1) is 5.04. The molecule has 0 bridgehead atoms. The zero-order chi connectivity index (χ0) is 8.48. The Labute approximate surface area is 66.1 Å². The summed E-state index contributed by atoms with van der Waals surface area (Å²) in [4.78, 5) is 4.03. The van der Waals surface area contributed by atoms with Crippen LogP contribution in [0.5, 0.6) is 0 Å². The van der Waals surface area contributed by atoms with E-state index < -0.39 is 0 Å². The van der Waals surface area contributed by atoms with Crippen LogP contribution in [0.2, 0.25) is 0 Å². The van der Waals surface area contributed by atoms with Gasteiger partial charge in [-0.2, -0.15) is 0 Å². The molecular weight excluding hydrogens is 142 g/mol. The molecule has 0 saturated heterocycles. The summed E-state index contributed by atoms with van der Waals surface area (Å²) in [6.07, 6.45) is 1.56. The third-order valence-corrected chi connectivity index (χ3v) is 1.35. The lowest BCUT2D eigenvalue weighted by Gasteiger charge is -2.11. The number of aliphatic hydroxyl groups is 1. The first kappa shape index (κ1) is 8.27. The Morgan fingerprint density at radius 3 is 2.45 bits per heavy atom. The van der Waals surface area contributed by atoms with Gasteiger partial charge in [-0.05, 0) is 0 Å². The number of hydrogen-bond donors (Lipinski definition) is 1. The quantitative estimate of drug-likeness (QED) is 0.667. The molecule has 1 rings (SSSR count). The van der Waals surface area contributed by atoms with Gasteiger partial charge >= 0.3 is 0 Å². The molecule has 0 aromatic carbocycles. The maximum atomic E-state index is 8.68. The monoisotopic (exact) mass is 155 g/mol. The van der Waals surface area contributed by atoms with Gasteiger partial charge in [-0.3, -0.25) is 0 Å². The zero-order valence-electron chi connectivity index (χ0n) is 7.09. The van der Waals surface area contributed by atoms with Gasteiger partial charge < -0.3 is 9.52 Å². The largest absolute Gasteiger partial charge is 0.443 e. The maximum Gasteiger partial charge on any atom is 0.199 e. The van der Waals surface area contributed by atoms with E-state index in [1.54, 1.807) is 6.20 Å². The van der Waals surface area contributed by atoms with Gasteiger partial charge in [0.25, 0.3) is 0 Å². The lowest BCUT2D eigenvalue weighted by molar-refractivity contribution is 0.236. The van der Waals surface area contributed by atoms with Crippen LogP contribution in [0.25, 0.3) is 0 Å². The number of hydrogen-bond acceptors (Lipinski definition) is 3. The van der Waals surface area contributed by atoms with Gasteiger partial charge in [0.2, 0.25) is 0 Å². The molecule has 0 aliphatic rings. The number of aromatic nitrogens is 1. The van der Waals surface area contributed by atoms with Gasteiger partial charge in [-0.25, -0.2) is 4.98 Å². The van der Waals surface area contributed by atoms with Gasteiger partial charge in [-0.1, -0.05) is 20.8 Å². The average molecular weight is 155 g/mol. The Morgan fingerprint density at radius 2 is 2.18 bits per heavy atom. The lowest BCUT2D eigenvalue weighted by atomic mass is 9.97. The predicted molar refractivity (Wildman–Crippen MR) is 41.1 cm³/mol. The van der Waals surface area contributed by atoms with E-state index in [2.05, 4.69) is 4.98 Å². The van der Waals surface area contributed by atoms with Crippen LogP contribution in [0.4, 0.5) is 0 Å². The second-order valence-corrected chi connectivity index (χ2v) is 3.54. The molecule has 3 heteroatoms. The Balaban J connectivity index is 2.89. The van der Waals surface area contributed by atoms with Crippen LogP contribution in [0, 0.1) is 0 Å². The molecule has 1 aromatic heterocycles. The Kier molecular flexibility index (Phi) is 2.00. The van der Waals surface area contributed by atoms with E-state index in [0.717, 1.165) is 0 Å². The second-order valence-electron chi connectivity index (χ2n) is 3.54. The molecule has 62 valence electrons. The summed E-state index contributed by atoms with van der Waals surface area (Å²) in [7, 11) is 0. The topological polar surface area (TPSA) is 46.3 Å². The average Bonchev–Trinajstić information content (AvgIpc) is 2.32. The highest BCUT2D eigenvalue weighted by atomic mass is 16.4. The van der Waals surface area contributed by atoms with E-state index in [9.17, 15) is 0 Å². The summed E-state index contributed by atoms with van der Waals surface area (Å²) in [5.41, 5.74) is -0.0760. The van der Waals surface area contributed by atoms with Gasteiger partial charge in [-0.15, -0.1) is 0 Å². The highest BCUT2D eigenvalue weighted by molar-refractivity contribution is 5.01. The van der Waals surface area contributed by atoms with Crippen LogP contribution in [-0.2, 0) is 12.0 Å². The van der Waals surface area contributed by atoms with Crippen LogP contribution >= 0.6 is 0 Å². The van der Waals surface area contributed by atoms with E-state index in [1.807, 2.05) is 20.8 Å². The molecule has 11 heavy (non-hydrogen) atoms. The van der Waals surface area contributed by atoms with Crippen molar-refractivity contribution in [3.63, 3.8) is 0 Å². The number of nitrogens with zero attached hydrogens (tertiary/aromatic N) is 1. The molecule has 0 aliphatic carbocycles. The summed E-state index contributed by atoms with van der Waals surface area (Å²) in [6.45, 7) is 5.96. The number of rotatable bonds is 1. The second kappa shape index (κ2) is 2.66. The molecule has 0 spiro atoms. The molecule has 1 heterocycles. The van der Waals surface area contributed by atoms with Crippen molar-refractivity contribution in [1.29, 1.82) is 0 Å². The zero-order valence-corrected chi connectivity index (χ0v) is 7.09. The van der Waals surface area contributed by atoms with Crippen LogP contribution in [0.15, 0.2) is 10.6 Å². The fraction of sp³-hybridized carbons (Fsp3) is 0.625. The van der Waals surface area contributed by atoms with E-state index >= 15 is 0 Å². The molecule has 0 unspecified atom stereocenters. The minimum Gasteiger partial charge on any atom is -0.443 e. The van der Waals surface area contributed by atoms with Gasteiger partial charge in [0.1, 0.15) is 12.4 Å². The van der Waals surface area contributed by atoms with E-state index in [0.29, 0.717) is 11.7 Å². The Bertz CT molecular complexity index is 234. The Morgan fingerprint density at radius 1 is 1.55 bits per heavy atom. The highest BCUT2D eigenvalue weighted by Crippen LogP contribution is 2.21. The van der Waals surface area contributed by atoms with Gasteiger partial charge in [0.15, 0.2) is 5.89 Å². The number of aliphatic hydroxyl groups excluding tert-OH is 1. The SMILES string of the molecule is CC(C)(C)c1ncc(CO)o1.